The van der Waals surface area contributed by atoms with Crippen molar-refractivity contribution in [2.45, 2.75) is 58.9 Å². The van der Waals surface area contributed by atoms with Crippen molar-refractivity contribution in [3.05, 3.63) is 0 Å². The summed E-state index contributed by atoms with van der Waals surface area (Å²) in [5.41, 5.74) is 0.0465. The zero-order valence-electron chi connectivity index (χ0n) is 8.82. The second kappa shape index (κ2) is 3.72. The second-order valence-electron chi connectivity index (χ2n) is 4.72. The molecular formula is C9H22OSi. The Hall–Kier alpha value is 0.177. The molecule has 0 aliphatic carbocycles. The molecule has 68 valence electrons. The molecular weight excluding hydrogens is 152 g/mol. The SMILES string of the molecule is CCC[Si](C)(C)OC(C)(C)C. The lowest BCUT2D eigenvalue weighted by Crippen LogP contribution is -2.38. The van der Waals surface area contributed by atoms with Gasteiger partial charge in [-0.15, -0.1) is 0 Å². The van der Waals surface area contributed by atoms with E-state index in [2.05, 4.69) is 40.8 Å². The normalized spacial score (nSPS) is 13.6. The fraction of sp³-hybridized carbons (Fsp3) is 1.00. The summed E-state index contributed by atoms with van der Waals surface area (Å²) in [5, 5.41) is 0. The highest BCUT2D eigenvalue weighted by molar-refractivity contribution is 6.71. The molecule has 0 atom stereocenters. The standard InChI is InChI=1S/C9H22OSi/c1-7-8-11(5,6)10-9(2,3)4/h7-8H2,1-6H3. The Labute approximate surface area is 72.3 Å². The van der Waals surface area contributed by atoms with Gasteiger partial charge in [0.1, 0.15) is 0 Å². The lowest BCUT2D eigenvalue weighted by atomic mass is 10.2. The van der Waals surface area contributed by atoms with Gasteiger partial charge in [-0.1, -0.05) is 13.3 Å². The van der Waals surface area contributed by atoms with Crippen molar-refractivity contribution in [3.8, 4) is 0 Å². The van der Waals surface area contributed by atoms with Gasteiger partial charge in [-0.2, -0.15) is 0 Å². The van der Waals surface area contributed by atoms with Gasteiger partial charge >= 0.3 is 0 Å². The molecule has 0 N–H and O–H groups in total. The van der Waals surface area contributed by atoms with E-state index in [1.165, 1.54) is 12.5 Å². The molecule has 0 spiro atoms. The molecule has 0 bridgehead atoms. The van der Waals surface area contributed by atoms with E-state index in [-0.39, 0.29) is 5.60 Å². The van der Waals surface area contributed by atoms with Crippen LogP contribution in [-0.2, 0) is 4.43 Å². The fourth-order valence-corrected chi connectivity index (χ4v) is 4.45. The topological polar surface area (TPSA) is 9.23 Å². The largest absolute Gasteiger partial charge is 0.413 e. The van der Waals surface area contributed by atoms with Crippen molar-refractivity contribution in [3.63, 3.8) is 0 Å². The predicted octanol–water partition coefficient (Wildman–Crippen LogP) is 3.42. The molecule has 2 heteroatoms. The summed E-state index contributed by atoms with van der Waals surface area (Å²) in [5.74, 6) is 0. The Morgan fingerprint density at radius 3 is 1.91 bits per heavy atom. The summed E-state index contributed by atoms with van der Waals surface area (Å²) >= 11 is 0. The van der Waals surface area contributed by atoms with Gasteiger partial charge in [0, 0.05) is 5.60 Å². The minimum atomic E-state index is -1.34. The summed E-state index contributed by atoms with van der Waals surface area (Å²) in [6.45, 7) is 13.2. The van der Waals surface area contributed by atoms with Gasteiger partial charge in [-0.3, -0.25) is 0 Å². The van der Waals surface area contributed by atoms with Crippen LogP contribution in [0, 0.1) is 0 Å². The molecule has 0 aliphatic rings. The van der Waals surface area contributed by atoms with E-state index in [9.17, 15) is 0 Å². The van der Waals surface area contributed by atoms with Crippen LogP contribution in [-0.4, -0.2) is 13.9 Å². The number of rotatable bonds is 3. The first-order valence-electron chi connectivity index (χ1n) is 4.47. The Balaban J connectivity index is 3.91. The highest BCUT2D eigenvalue weighted by Crippen LogP contribution is 2.20. The highest BCUT2D eigenvalue weighted by Gasteiger charge is 2.26. The van der Waals surface area contributed by atoms with E-state index in [1.807, 2.05) is 0 Å². The van der Waals surface area contributed by atoms with Crippen LogP contribution < -0.4 is 0 Å². The Kier molecular flexibility index (Phi) is 3.78. The van der Waals surface area contributed by atoms with Crippen LogP contribution in [0.4, 0.5) is 0 Å². The molecule has 11 heavy (non-hydrogen) atoms. The van der Waals surface area contributed by atoms with Crippen molar-refractivity contribution >= 4 is 8.32 Å². The van der Waals surface area contributed by atoms with Crippen LogP contribution in [0.2, 0.25) is 19.1 Å². The molecule has 0 aliphatic heterocycles. The van der Waals surface area contributed by atoms with Crippen LogP contribution in [0.15, 0.2) is 0 Å². The average molecular weight is 174 g/mol. The van der Waals surface area contributed by atoms with Crippen molar-refractivity contribution in [2.24, 2.45) is 0 Å². The third-order valence-electron chi connectivity index (χ3n) is 1.43. The molecule has 0 heterocycles. The fourth-order valence-electron chi connectivity index (χ4n) is 1.48. The summed E-state index contributed by atoms with van der Waals surface area (Å²) in [4.78, 5) is 0. The third kappa shape index (κ3) is 6.57. The van der Waals surface area contributed by atoms with E-state index in [0.29, 0.717) is 0 Å². The molecule has 1 nitrogen and oxygen atoms in total. The molecule has 0 aromatic carbocycles. The van der Waals surface area contributed by atoms with E-state index < -0.39 is 8.32 Å². The summed E-state index contributed by atoms with van der Waals surface area (Å²) in [7, 11) is -1.34. The molecule has 0 aromatic rings. The van der Waals surface area contributed by atoms with Crippen molar-refractivity contribution < 1.29 is 4.43 Å². The quantitative estimate of drug-likeness (QED) is 0.596. The highest BCUT2D eigenvalue weighted by atomic mass is 28.4. The van der Waals surface area contributed by atoms with Gasteiger partial charge in [0.2, 0.25) is 0 Å². The second-order valence-corrected chi connectivity index (χ2v) is 8.95. The van der Waals surface area contributed by atoms with Gasteiger partial charge in [-0.25, -0.2) is 0 Å². The van der Waals surface area contributed by atoms with E-state index >= 15 is 0 Å². The van der Waals surface area contributed by atoms with E-state index in [0.717, 1.165) is 0 Å². The van der Waals surface area contributed by atoms with Gasteiger partial charge in [0.25, 0.3) is 0 Å². The predicted molar refractivity (Wildman–Crippen MR) is 53.4 cm³/mol. The first-order valence-corrected chi connectivity index (χ1v) is 7.58. The zero-order chi connectivity index (χ0) is 9.12. The summed E-state index contributed by atoms with van der Waals surface area (Å²) < 4.78 is 6.00. The molecule has 0 unspecified atom stereocenters. The molecule has 0 rings (SSSR count). The molecule has 0 aromatic heterocycles. The van der Waals surface area contributed by atoms with Crippen LogP contribution in [0.3, 0.4) is 0 Å². The van der Waals surface area contributed by atoms with Gasteiger partial charge in [-0.05, 0) is 39.9 Å². The van der Waals surface area contributed by atoms with Crippen LogP contribution in [0.5, 0.6) is 0 Å². The van der Waals surface area contributed by atoms with Crippen LogP contribution in [0.1, 0.15) is 34.1 Å². The minimum absolute atomic E-state index is 0.0465. The lowest BCUT2D eigenvalue weighted by Gasteiger charge is -2.32. The number of hydrogen-bond donors (Lipinski definition) is 0. The van der Waals surface area contributed by atoms with E-state index in [4.69, 9.17) is 4.43 Å². The maximum Gasteiger partial charge on any atom is 0.187 e. The molecule has 0 amide bonds. The summed E-state index contributed by atoms with van der Waals surface area (Å²) in [6.07, 6.45) is 1.25. The lowest BCUT2D eigenvalue weighted by molar-refractivity contribution is 0.120. The summed E-state index contributed by atoms with van der Waals surface area (Å²) in [6, 6.07) is 1.27. The Morgan fingerprint density at radius 2 is 1.64 bits per heavy atom. The third-order valence-corrected chi connectivity index (χ3v) is 4.30. The minimum Gasteiger partial charge on any atom is -0.413 e. The smallest absolute Gasteiger partial charge is 0.187 e. The first-order chi connectivity index (χ1) is 4.77. The van der Waals surface area contributed by atoms with E-state index in [1.54, 1.807) is 0 Å². The number of hydrogen-bond acceptors (Lipinski definition) is 1. The van der Waals surface area contributed by atoms with Gasteiger partial charge in [0.05, 0.1) is 0 Å². The van der Waals surface area contributed by atoms with Crippen LogP contribution >= 0.6 is 0 Å². The molecule has 0 fully saturated rings. The average Bonchev–Trinajstić information content (AvgIpc) is 1.55. The van der Waals surface area contributed by atoms with Crippen molar-refractivity contribution in [1.82, 2.24) is 0 Å². The molecule has 0 saturated heterocycles. The Bertz CT molecular complexity index is 113. The Morgan fingerprint density at radius 1 is 1.18 bits per heavy atom. The van der Waals surface area contributed by atoms with Gasteiger partial charge < -0.3 is 4.43 Å². The molecule has 0 saturated carbocycles. The molecule has 0 radical (unpaired) electrons. The van der Waals surface area contributed by atoms with Crippen molar-refractivity contribution in [2.75, 3.05) is 0 Å². The monoisotopic (exact) mass is 174 g/mol. The maximum absolute atomic E-state index is 6.00. The van der Waals surface area contributed by atoms with Crippen LogP contribution in [0.25, 0.3) is 0 Å². The van der Waals surface area contributed by atoms with Crippen molar-refractivity contribution in [1.29, 1.82) is 0 Å². The first kappa shape index (κ1) is 11.2. The maximum atomic E-state index is 6.00. The zero-order valence-corrected chi connectivity index (χ0v) is 9.82. The van der Waals surface area contributed by atoms with Gasteiger partial charge in [0.15, 0.2) is 8.32 Å².